The molecular formula is C8H16NO. The number of aldehydes is 1. The van der Waals surface area contributed by atoms with Crippen molar-refractivity contribution in [1.82, 2.24) is 4.90 Å². The third kappa shape index (κ3) is 2.48. The van der Waals surface area contributed by atoms with Gasteiger partial charge < -0.3 is 4.79 Å². The Morgan fingerprint density at radius 3 is 2.50 bits per heavy atom. The summed E-state index contributed by atoms with van der Waals surface area (Å²) in [6, 6.07) is 0.239. The van der Waals surface area contributed by atoms with E-state index in [1.54, 1.807) is 0 Å². The molecular weight excluding hydrogens is 126 g/mol. The maximum Gasteiger partial charge on any atom is 0.137 e. The first kappa shape index (κ1) is 9.63. The molecule has 0 aliphatic rings. The number of hydrogen-bond donors (Lipinski definition) is 0. The van der Waals surface area contributed by atoms with Gasteiger partial charge in [0.1, 0.15) is 6.29 Å². The number of nitrogens with zero attached hydrogens (tertiary/aromatic N) is 1. The minimum absolute atomic E-state index is 0.199. The van der Waals surface area contributed by atoms with Crippen molar-refractivity contribution in [2.45, 2.75) is 32.4 Å². The molecule has 59 valence electrons. The molecule has 1 radical (unpaired) electrons. The first-order valence-electron chi connectivity index (χ1n) is 3.63. The SMILES string of the molecule is [CH2]C(C=O)N(C)C(C)CC. The van der Waals surface area contributed by atoms with Gasteiger partial charge in [0.25, 0.3) is 0 Å². The third-order valence-corrected chi connectivity index (χ3v) is 1.97. The second kappa shape index (κ2) is 4.45. The monoisotopic (exact) mass is 142 g/mol. The van der Waals surface area contributed by atoms with Crippen LogP contribution in [0.15, 0.2) is 0 Å². The molecule has 2 heteroatoms. The van der Waals surface area contributed by atoms with E-state index in [1.165, 1.54) is 0 Å². The van der Waals surface area contributed by atoms with E-state index in [0.29, 0.717) is 6.04 Å². The van der Waals surface area contributed by atoms with Crippen LogP contribution < -0.4 is 0 Å². The lowest BCUT2D eigenvalue weighted by Gasteiger charge is -2.26. The lowest BCUT2D eigenvalue weighted by Crippen LogP contribution is -2.37. The van der Waals surface area contributed by atoms with Crippen LogP contribution in [0.2, 0.25) is 0 Å². The van der Waals surface area contributed by atoms with Gasteiger partial charge in [-0.1, -0.05) is 6.92 Å². The Hall–Kier alpha value is -0.370. The summed E-state index contributed by atoms with van der Waals surface area (Å²) in [5, 5.41) is 0. The molecule has 0 aliphatic heterocycles. The Labute approximate surface area is 63.2 Å². The van der Waals surface area contributed by atoms with Crippen LogP contribution >= 0.6 is 0 Å². The number of carbonyl (C=O) groups is 1. The van der Waals surface area contributed by atoms with Crippen molar-refractivity contribution in [3.63, 3.8) is 0 Å². The summed E-state index contributed by atoms with van der Waals surface area (Å²) >= 11 is 0. The smallest absolute Gasteiger partial charge is 0.137 e. The summed E-state index contributed by atoms with van der Waals surface area (Å²) in [4.78, 5) is 12.2. The van der Waals surface area contributed by atoms with Crippen molar-refractivity contribution in [1.29, 1.82) is 0 Å². The van der Waals surface area contributed by atoms with Gasteiger partial charge in [0.15, 0.2) is 0 Å². The molecule has 0 N–H and O–H groups in total. The normalized spacial score (nSPS) is 16.9. The molecule has 0 fully saturated rings. The zero-order valence-corrected chi connectivity index (χ0v) is 7.00. The Morgan fingerprint density at radius 1 is 1.70 bits per heavy atom. The average Bonchev–Trinajstić information content (AvgIpc) is 2.00. The minimum Gasteiger partial charge on any atom is -0.302 e. The van der Waals surface area contributed by atoms with Crippen LogP contribution in [0.3, 0.4) is 0 Å². The van der Waals surface area contributed by atoms with E-state index in [1.807, 2.05) is 11.9 Å². The van der Waals surface area contributed by atoms with Gasteiger partial charge in [-0.15, -0.1) is 0 Å². The molecule has 0 aliphatic carbocycles. The molecule has 0 aromatic carbocycles. The molecule has 2 nitrogen and oxygen atoms in total. The summed E-state index contributed by atoms with van der Waals surface area (Å²) in [7, 11) is 1.92. The predicted molar refractivity (Wildman–Crippen MR) is 42.7 cm³/mol. The molecule has 0 saturated carbocycles. The standard InChI is InChI=1S/C8H16NO/c1-5-7(2)9(4)8(3)6-10/h6-8H,3,5H2,1-2,4H3. The topological polar surface area (TPSA) is 20.3 Å². The number of rotatable bonds is 4. The van der Waals surface area contributed by atoms with Crippen molar-refractivity contribution >= 4 is 6.29 Å². The van der Waals surface area contributed by atoms with E-state index >= 15 is 0 Å². The highest BCUT2D eigenvalue weighted by Crippen LogP contribution is 2.02. The fourth-order valence-electron chi connectivity index (χ4n) is 0.711. The van der Waals surface area contributed by atoms with Crippen molar-refractivity contribution < 1.29 is 4.79 Å². The number of carbonyl (C=O) groups excluding carboxylic acids is 1. The van der Waals surface area contributed by atoms with E-state index in [2.05, 4.69) is 20.8 Å². The van der Waals surface area contributed by atoms with E-state index < -0.39 is 0 Å². The lowest BCUT2D eigenvalue weighted by atomic mass is 10.2. The first-order valence-corrected chi connectivity index (χ1v) is 3.63. The zero-order chi connectivity index (χ0) is 8.15. The van der Waals surface area contributed by atoms with Crippen LogP contribution in [-0.2, 0) is 4.79 Å². The third-order valence-electron chi connectivity index (χ3n) is 1.97. The highest BCUT2D eigenvalue weighted by atomic mass is 16.1. The summed E-state index contributed by atoms with van der Waals surface area (Å²) in [6.45, 7) is 7.86. The van der Waals surface area contributed by atoms with Gasteiger partial charge >= 0.3 is 0 Å². The second-order valence-electron chi connectivity index (χ2n) is 2.63. The van der Waals surface area contributed by atoms with E-state index in [0.717, 1.165) is 12.7 Å². The molecule has 2 unspecified atom stereocenters. The molecule has 0 amide bonds. The van der Waals surface area contributed by atoms with E-state index in [4.69, 9.17) is 0 Å². The summed E-state index contributed by atoms with van der Waals surface area (Å²) in [5.74, 6) is 0. The summed E-state index contributed by atoms with van der Waals surface area (Å²) < 4.78 is 0. The van der Waals surface area contributed by atoms with Crippen LogP contribution in [0.5, 0.6) is 0 Å². The van der Waals surface area contributed by atoms with Gasteiger partial charge in [0, 0.05) is 6.04 Å². The fraction of sp³-hybridized carbons (Fsp3) is 0.750. The molecule has 0 aromatic heterocycles. The molecule has 0 aromatic rings. The van der Waals surface area contributed by atoms with Crippen LogP contribution in [0, 0.1) is 6.92 Å². The molecule has 0 rings (SSSR count). The Bertz CT molecular complexity index is 103. The largest absolute Gasteiger partial charge is 0.302 e. The van der Waals surface area contributed by atoms with Gasteiger partial charge in [-0.3, -0.25) is 4.90 Å². The number of likely N-dealkylation sites (N-methyl/N-ethyl adjacent to an activating group) is 1. The molecule has 0 bridgehead atoms. The van der Waals surface area contributed by atoms with Crippen LogP contribution in [-0.4, -0.2) is 30.3 Å². The zero-order valence-electron chi connectivity index (χ0n) is 7.00. The molecule has 0 spiro atoms. The van der Waals surface area contributed by atoms with Gasteiger partial charge in [-0.05, 0) is 27.3 Å². The highest BCUT2D eigenvalue weighted by molar-refractivity contribution is 5.58. The van der Waals surface area contributed by atoms with E-state index in [-0.39, 0.29) is 6.04 Å². The van der Waals surface area contributed by atoms with Crippen molar-refractivity contribution in [3.05, 3.63) is 6.92 Å². The fourth-order valence-corrected chi connectivity index (χ4v) is 0.711. The maximum atomic E-state index is 10.3. The second-order valence-corrected chi connectivity index (χ2v) is 2.63. The van der Waals surface area contributed by atoms with Gasteiger partial charge in [-0.2, -0.15) is 0 Å². The maximum absolute atomic E-state index is 10.3. The van der Waals surface area contributed by atoms with Gasteiger partial charge in [0.2, 0.25) is 0 Å². The van der Waals surface area contributed by atoms with Crippen molar-refractivity contribution in [3.8, 4) is 0 Å². The van der Waals surface area contributed by atoms with Crippen LogP contribution in [0.25, 0.3) is 0 Å². The lowest BCUT2D eigenvalue weighted by molar-refractivity contribution is -0.111. The first-order chi connectivity index (χ1) is 4.63. The quantitative estimate of drug-likeness (QED) is 0.548. The summed E-state index contributed by atoms with van der Waals surface area (Å²) in [6.07, 6.45) is 1.92. The average molecular weight is 142 g/mol. The highest BCUT2D eigenvalue weighted by Gasteiger charge is 2.12. The minimum atomic E-state index is -0.199. The Balaban J connectivity index is 3.80. The van der Waals surface area contributed by atoms with Crippen molar-refractivity contribution in [2.24, 2.45) is 0 Å². The van der Waals surface area contributed by atoms with Gasteiger partial charge in [0.05, 0.1) is 6.04 Å². The van der Waals surface area contributed by atoms with Crippen LogP contribution in [0.1, 0.15) is 20.3 Å². The molecule has 10 heavy (non-hydrogen) atoms. The Morgan fingerprint density at radius 2 is 2.20 bits per heavy atom. The molecule has 2 atom stereocenters. The van der Waals surface area contributed by atoms with Crippen molar-refractivity contribution in [2.75, 3.05) is 7.05 Å². The predicted octanol–water partition coefficient (Wildman–Crippen LogP) is 1.12. The molecule has 0 heterocycles. The molecule has 0 saturated heterocycles. The number of hydrogen-bond acceptors (Lipinski definition) is 2. The van der Waals surface area contributed by atoms with Gasteiger partial charge in [-0.25, -0.2) is 0 Å². The Kier molecular flexibility index (Phi) is 4.28. The summed E-state index contributed by atoms with van der Waals surface area (Å²) in [5.41, 5.74) is 0. The van der Waals surface area contributed by atoms with E-state index in [9.17, 15) is 4.79 Å². The van der Waals surface area contributed by atoms with Crippen LogP contribution in [0.4, 0.5) is 0 Å².